The van der Waals surface area contributed by atoms with Crippen LogP contribution in [0.2, 0.25) is 0 Å². The van der Waals surface area contributed by atoms with Crippen LogP contribution in [-0.2, 0) is 11.3 Å². The molecule has 2 N–H and O–H groups in total. The lowest BCUT2D eigenvalue weighted by Crippen LogP contribution is -2.43. The van der Waals surface area contributed by atoms with Crippen molar-refractivity contribution in [2.45, 2.75) is 39.8 Å². The van der Waals surface area contributed by atoms with Crippen LogP contribution >= 0.6 is 0 Å². The molecule has 1 unspecified atom stereocenters. The topological polar surface area (TPSA) is 54.3 Å². The van der Waals surface area contributed by atoms with Crippen LogP contribution < -0.4 is 10.6 Å². The van der Waals surface area contributed by atoms with Crippen molar-refractivity contribution in [2.24, 2.45) is 5.92 Å². The van der Waals surface area contributed by atoms with Gasteiger partial charge in [0.1, 0.15) is 11.5 Å². The average Bonchev–Trinajstić information content (AvgIpc) is 2.68. The Balaban J connectivity index is 2.51. The molecule has 4 nitrogen and oxygen atoms in total. The van der Waals surface area contributed by atoms with E-state index in [2.05, 4.69) is 24.5 Å². The molecule has 0 bridgehead atoms. The average molecular weight is 238 g/mol. The first kappa shape index (κ1) is 13.8. The molecule has 0 saturated heterocycles. The first-order chi connectivity index (χ1) is 8.02. The van der Waals surface area contributed by atoms with Gasteiger partial charge >= 0.3 is 0 Å². The van der Waals surface area contributed by atoms with Crippen LogP contribution in [0.15, 0.2) is 16.5 Å². The van der Waals surface area contributed by atoms with Crippen LogP contribution in [-0.4, -0.2) is 19.0 Å². The molecule has 1 aromatic rings. The lowest BCUT2D eigenvalue weighted by atomic mass is 10.0. The Labute approximate surface area is 103 Å². The lowest BCUT2D eigenvalue weighted by Gasteiger charge is -2.18. The molecule has 0 spiro atoms. The predicted molar refractivity (Wildman–Crippen MR) is 67.6 cm³/mol. The van der Waals surface area contributed by atoms with Crippen molar-refractivity contribution in [1.82, 2.24) is 10.6 Å². The number of amides is 1. The van der Waals surface area contributed by atoms with Gasteiger partial charge in [-0.25, -0.2) is 0 Å². The number of carbonyl (C=O) groups is 1. The van der Waals surface area contributed by atoms with Crippen LogP contribution in [0.3, 0.4) is 0 Å². The summed E-state index contributed by atoms with van der Waals surface area (Å²) in [7, 11) is 1.66. The fraction of sp³-hybridized carbons (Fsp3) is 0.615. The van der Waals surface area contributed by atoms with E-state index in [1.54, 1.807) is 7.05 Å². The summed E-state index contributed by atoms with van der Waals surface area (Å²) in [4.78, 5) is 11.7. The standard InChI is InChI=1S/C13H22N2O2/c1-9(2)7-12(13(16)14-4)15-8-11-6-5-10(3)17-11/h5-6,9,12,15H,7-8H2,1-4H3,(H,14,16). The molecular formula is C13H22N2O2. The molecule has 0 fully saturated rings. The molecule has 1 heterocycles. The second kappa shape index (κ2) is 6.45. The molecule has 0 aliphatic carbocycles. The summed E-state index contributed by atoms with van der Waals surface area (Å²) in [6.45, 7) is 6.70. The third-order valence-corrected chi connectivity index (χ3v) is 2.59. The molecule has 0 aliphatic rings. The van der Waals surface area contributed by atoms with E-state index in [0.717, 1.165) is 17.9 Å². The molecule has 1 rings (SSSR count). The van der Waals surface area contributed by atoms with Gasteiger partial charge in [-0.05, 0) is 31.4 Å². The highest BCUT2D eigenvalue weighted by Crippen LogP contribution is 2.09. The molecule has 1 atom stereocenters. The smallest absolute Gasteiger partial charge is 0.236 e. The van der Waals surface area contributed by atoms with E-state index in [1.807, 2.05) is 19.1 Å². The minimum atomic E-state index is -0.162. The van der Waals surface area contributed by atoms with E-state index in [1.165, 1.54) is 0 Å². The Morgan fingerprint density at radius 1 is 1.41 bits per heavy atom. The fourth-order valence-electron chi connectivity index (χ4n) is 1.73. The predicted octanol–water partition coefficient (Wildman–Crippen LogP) is 1.84. The van der Waals surface area contributed by atoms with Crippen molar-refractivity contribution in [3.8, 4) is 0 Å². The van der Waals surface area contributed by atoms with Crippen molar-refractivity contribution in [1.29, 1.82) is 0 Å². The molecule has 17 heavy (non-hydrogen) atoms. The second-order valence-electron chi connectivity index (χ2n) is 4.69. The molecule has 0 aromatic carbocycles. The van der Waals surface area contributed by atoms with Gasteiger partial charge in [-0.1, -0.05) is 13.8 Å². The normalized spacial score (nSPS) is 12.8. The Morgan fingerprint density at radius 2 is 2.12 bits per heavy atom. The maximum Gasteiger partial charge on any atom is 0.236 e. The number of hydrogen-bond donors (Lipinski definition) is 2. The maximum absolute atomic E-state index is 11.7. The number of likely N-dealkylation sites (N-methyl/N-ethyl adjacent to an activating group) is 1. The first-order valence-electron chi connectivity index (χ1n) is 6.03. The second-order valence-corrected chi connectivity index (χ2v) is 4.69. The molecule has 0 aliphatic heterocycles. The van der Waals surface area contributed by atoms with Crippen molar-refractivity contribution in [3.05, 3.63) is 23.7 Å². The third-order valence-electron chi connectivity index (χ3n) is 2.59. The van der Waals surface area contributed by atoms with Crippen molar-refractivity contribution in [2.75, 3.05) is 7.05 Å². The van der Waals surface area contributed by atoms with E-state index >= 15 is 0 Å². The van der Waals surface area contributed by atoms with Crippen LogP contribution in [0.5, 0.6) is 0 Å². The summed E-state index contributed by atoms with van der Waals surface area (Å²) in [6.07, 6.45) is 0.819. The fourth-order valence-corrected chi connectivity index (χ4v) is 1.73. The summed E-state index contributed by atoms with van der Waals surface area (Å²) < 4.78 is 5.46. The zero-order chi connectivity index (χ0) is 12.8. The zero-order valence-corrected chi connectivity index (χ0v) is 11.0. The van der Waals surface area contributed by atoms with Crippen LogP contribution in [0.4, 0.5) is 0 Å². The first-order valence-corrected chi connectivity index (χ1v) is 6.03. The molecule has 0 saturated carbocycles. The summed E-state index contributed by atoms with van der Waals surface area (Å²) in [5, 5.41) is 5.91. The molecule has 96 valence electrons. The SMILES string of the molecule is CNC(=O)C(CC(C)C)NCc1ccc(C)o1. The number of furan rings is 1. The van der Waals surface area contributed by atoms with Crippen LogP contribution in [0.1, 0.15) is 31.8 Å². The maximum atomic E-state index is 11.7. The summed E-state index contributed by atoms with van der Waals surface area (Å²) in [5.74, 6) is 2.26. The molecule has 0 radical (unpaired) electrons. The summed E-state index contributed by atoms with van der Waals surface area (Å²) >= 11 is 0. The highest BCUT2D eigenvalue weighted by Gasteiger charge is 2.18. The van der Waals surface area contributed by atoms with Crippen molar-refractivity contribution >= 4 is 5.91 Å². The minimum absolute atomic E-state index is 0.0296. The highest BCUT2D eigenvalue weighted by molar-refractivity contribution is 5.81. The van der Waals surface area contributed by atoms with Crippen LogP contribution in [0, 0.1) is 12.8 Å². The summed E-state index contributed by atoms with van der Waals surface area (Å²) in [5.41, 5.74) is 0. The number of hydrogen-bond acceptors (Lipinski definition) is 3. The van der Waals surface area contributed by atoms with E-state index < -0.39 is 0 Å². The van der Waals surface area contributed by atoms with Gasteiger partial charge in [-0.15, -0.1) is 0 Å². The quantitative estimate of drug-likeness (QED) is 0.795. The number of nitrogens with one attached hydrogen (secondary N) is 2. The van der Waals surface area contributed by atoms with Gasteiger partial charge in [0, 0.05) is 7.05 Å². The molecule has 1 aromatic heterocycles. The Bertz CT molecular complexity index is 358. The minimum Gasteiger partial charge on any atom is -0.465 e. The number of carbonyl (C=O) groups excluding carboxylic acids is 1. The van der Waals surface area contributed by atoms with E-state index in [4.69, 9.17) is 4.42 Å². The van der Waals surface area contributed by atoms with E-state index in [9.17, 15) is 4.79 Å². The van der Waals surface area contributed by atoms with E-state index in [0.29, 0.717) is 12.5 Å². The van der Waals surface area contributed by atoms with Gasteiger partial charge < -0.3 is 9.73 Å². The van der Waals surface area contributed by atoms with Gasteiger partial charge in [0.2, 0.25) is 5.91 Å². The Hall–Kier alpha value is -1.29. The van der Waals surface area contributed by atoms with Gasteiger partial charge in [-0.3, -0.25) is 10.1 Å². The molecule has 1 amide bonds. The third kappa shape index (κ3) is 4.61. The van der Waals surface area contributed by atoms with Crippen molar-refractivity contribution < 1.29 is 9.21 Å². The van der Waals surface area contributed by atoms with Crippen LogP contribution in [0.25, 0.3) is 0 Å². The number of rotatable bonds is 6. The number of aryl methyl sites for hydroxylation is 1. The molecular weight excluding hydrogens is 216 g/mol. The Morgan fingerprint density at radius 3 is 2.59 bits per heavy atom. The van der Waals surface area contributed by atoms with Gasteiger partial charge in [-0.2, -0.15) is 0 Å². The van der Waals surface area contributed by atoms with Crippen molar-refractivity contribution in [3.63, 3.8) is 0 Å². The monoisotopic (exact) mass is 238 g/mol. The molecule has 4 heteroatoms. The highest BCUT2D eigenvalue weighted by atomic mass is 16.3. The zero-order valence-electron chi connectivity index (χ0n) is 11.0. The van der Waals surface area contributed by atoms with Gasteiger partial charge in [0.05, 0.1) is 12.6 Å². The van der Waals surface area contributed by atoms with E-state index in [-0.39, 0.29) is 11.9 Å². The lowest BCUT2D eigenvalue weighted by molar-refractivity contribution is -0.123. The summed E-state index contributed by atoms with van der Waals surface area (Å²) in [6, 6.07) is 3.69. The van der Waals surface area contributed by atoms with Gasteiger partial charge in [0.15, 0.2) is 0 Å². The van der Waals surface area contributed by atoms with Gasteiger partial charge in [0.25, 0.3) is 0 Å². The Kier molecular flexibility index (Phi) is 5.22. The largest absolute Gasteiger partial charge is 0.465 e.